The normalized spacial score (nSPS) is 48.2. The first-order chi connectivity index (χ1) is 9.07. The van der Waals surface area contributed by atoms with E-state index in [4.69, 9.17) is 4.74 Å². The van der Waals surface area contributed by atoms with Gasteiger partial charge in [-0.1, -0.05) is 37.6 Å². The lowest BCUT2D eigenvalue weighted by atomic mass is 9.66. The highest BCUT2D eigenvalue weighted by molar-refractivity contribution is 5.89. The van der Waals surface area contributed by atoms with Gasteiger partial charge in [-0.3, -0.25) is 4.90 Å². The van der Waals surface area contributed by atoms with Crippen LogP contribution in [0.4, 0.5) is 0 Å². The lowest BCUT2D eigenvalue weighted by Gasteiger charge is -2.43. The first-order valence-corrected chi connectivity index (χ1v) is 7.38. The number of hydrogen-bond donors (Lipinski definition) is 0. The summed E-state index contributed by atoms with van der Waals surface area (Å²) in [5.41, 5.74) is 1.25. The fraction of sp³-hybridized carbons (Fsp3) is 0.688. The molecule has 4 unspecified atom stereocenters. The van der Waals surface area contributed by atoms with Crippen molar-refractivity contribution in [2.24, 2.45) is 17.8 Å². The molecule has 1 aliphatic carbocycles. The van der Waals surface area contributed by atoms with Gasteiger partial charge in [-0.05, 0) is 19.3 Å². The fourth-order valence-electron chi connectivity index (χ4n) is 4.62. The molecule has 102 valence electrons. The molecule has 3 fully saturated rings. The zero-order valence-electron chi connectivity index (χ0n) is 11.8. The second-order valence-corrected chi connectivity index (χ2v) is 6.94. The van der Waals surface area contributed by atoms with Gasteiger partial charge in [0, 0.05) is 23.9 Å². The molecule has 4 aliphatic rings. The molecule has 6 atom stereocenters. The van der Waals surface area contributed by atoms with E-state index in [9.17, 15) is 4.79 Å². The summed E-state index contributed by atoms with van der Waals surface area (Å²) in [6, 6.07) is 1.00. The Bertz CT molecular complexity index is 507. The smallest absolute Gasteiger partial charge is 0.328 e. The predicted octanol–water partition coefficient (Wildman–Crippen LogP) is 2.14. The molecule has 0 aromatic heterocycles. The molecule has 0 saturated carbocycles. The van der Waals surface area contributed by atoms with Gasteiger partial charge in [0.15, 0.2) is 0 Å². The number of nitrogens with zero attached hydrogens (tertiary/aromatic N) is 1. The van der Waals surface area contributed by atoms with Crippen LogP contribution in [0.25, 0.3) is 0 Å². The lowest BCUT2D eigenvalue weighted by Crippen LogP contribution is -2.55. The van der Waals surface area contributed by atoms with Crippen LogP contribution in [0, 0.1) is 17.8 Å². The molecule has 0 amide bonds. The number of rotatable bonds is 3. The van der Waals surface area contributed by atoms with Gasteiger partial charge < -0.3 is 4.74 Å². The molecule has 3 aliphatic heterocycles. The number of esters is 1. The number of hydrogen-bond acceptors (Lipinski definition) is 3. The Morgan fingerprint density at radius 1 is 1.58 bits per heavy atom. The number of allylic oxidation sites excluding steroid dienone is 2. The van der Waals surface area contributed by atoms with Crippen LogP contribution < -0.4 is 0 Å². The zero-order chi connectivity index (χ0) is 13.4. The minimum absolute atomic E-state index is 0.0292. The molecule has 4 rings (SSSR count). The summed E-state index contributed by atoms with van der Waals surface area (Å²) in [7, 11) is 0. The monoisotopic (exact) mass is 259 g/mol. The second kappa shape index (κ2) is 3.51. The molecule has 3 nitrogen and oxygen atoms in total. The summed E-state index contributed by atoms with van der Waals surface area (Å²) in [5, 5.41) is 0. The first kappa shape index (κ1) is 11.7. The van der Waals surface area contributed by atoms with Crippen molar-refractivity contribution in [2.75, 3.05) is 6.61 Å². The summed E-state index contributed by atoms with van der Waals surface area (Å²) in [6.45, 7) is 6.94. The first-order valence-electron chi connectivity index (χ1n) is 7.38. The molecule has 0 spiro atoms. The Hall–Kier alpha value is -1.09. The average Bonchev–Trinajstić information content (AvgIpc) is 2.77. The highest BCUT2D eigenvalue weighted by Crippen LogP contribution is 2.71. The number of piperidine rings is 1. The number of carbonyl (C=O) groups is 1. The maximum absolute atomic E-state index is 12.3. The largest absolute Gasteiger partial charge is 0.464 e. The summed E-state index contributed by atoms with van der Waals surface area (Å²) in [5.74, 6) is 1.63. The van der Waals surface area contributed by atoms with Crippen LogP contribution in [0.1, 0.15) is 27.2 Å². The summed E-state index contributed by atoms with van der Waals surface area (Å²) < 4.78 is 5.49. The van der Waals surface area contributed by atoms with Crippen molar-refractivity contribution in [3.05, 3.63) is 23.8 Å². The third-order valence-corrected chi connectivity index (χ3v) is 5.37. The van der Waals surface area contributed by atoms with Gasteiger partial charge in [0.1, 0.15) is 5.54 Å². The van der Waals surface area contributed by atoms with Gasteiger partial charge in [-0.25, -0.2) is 4.79 Å². The van der Waals surface area contributed by atoms with Gasteiger partial charge in [0.05, 0.1) is 6.61 Å². The van der Waals surface area contributed by atoms with Gasteiger partial charge in [0.2, 0.25) is 0 Å². The summed E-state index contributed by atoms with van der Waals surface area (Å²) in [4.78, 5) is 14.8. The fourth-order valence-corrected chi connectivity index (χ4v) is 4.62. The SMILES string of the molecule is CC1=CC=CC2C1[C@H]1CC3(C(=O)OCC(C)C)[C@@H]2N13. The van der Waals surface area contributed by atoms with Crippen molar-refractivity contribution in [1.82, 2.24) is 4.90 Å². The van der Waals surface area contributed by atoms with Gasteiger partial charge >= 0.3 is 5.97 Å². The lowest BCUT2D eigenvalue weighted by molar-refractivity contribution is -0.154. The van der Waals surface area contributed by atoms with Crippen molar-refractivity contribution < 1.29 is 9.53 Å². The zero-order valence-corrected chi connectivity index (χ0v) is 11.8. The van der Waals surface area contributed by atoms with E-state index in [1.54, 1.807) is 0 Å². The van der Waals surface area contributed by atoms with Crippen LogP contribution in [0.15, 0.2) is 23.8 Å². The van der Waals surface area contributed by atoms with Crippen molar-refractivity contribution in [3.63, 3.8) is 0 Å². The van der Waals surface area contributed by atoms with Crippen LogP contribution in [-0.2, 0) is 9.53 Å². The number of fused-ring (bicyclic) bond motifs is 4. The molecule has 3 saturated heterocycles. The molecule has 0 aromatic carbocycles. The maximum atomic E-state index is 12.3. The van der Waals surface area contributed by atoms with Crippen LogP contribution in [0.2, 0.25) is 0 Å². The Balaban J connectivity index is 1.51. The van der Waals surface area contributed by atoms with Crippen molar-refractivity contribution in [3.8, 4) is 0 Å². The van der Waals surface area contributed by atoms with E-state index in [1.165, 1.54) is 5.57 Å². The van der Waals surface area contributed by atoms with Crippen molar-refractivity contribution in [2.45, 2.75) is 44.8 Å². The molecule has 3 heteroatoms. The molecule has 0 radical (unpaired) electrons. The molecule has 19 heavy (non-hydrogen) atoms. The molecule has 0 aromatic rings. The van der Waals surface area contributed by atoms with Gasteiger partial charge in [0.25, 0.3) is 0 Å². The van der Waals surface area contributed by atoms with Gasteiger partial charge in [-0.15, -0.1) is 0 Å². The topological polar surface area (TPSA) is 29.3 Å². The van der Waals surface area contributed by atoms with E-state index in [1.807, 2.05) is 0 Å². The van der Waals surface area contributed by atoms with E-state index in [0.29, 0.717) is 36.4 Å². The van der Waals surface area contributed by atoms with Gasteiger partial charge in [-0.2, -0.15) is 0 Å². The highest BCUT2D eigenvalue weighted by Gasteiger charge is 2.86. The Morgan fingerprint density at radius 2 is 2.37 bits per heavy atom. The summed E-state index contributed by atoms with van der Waals surface area (Å²) >= 11 is 0. The maximum Gasteiger partial charge on any atom is 0.328 e. The third-order valence-electron chi connectivity index (χ3n) is 5.37. The average molecular weight is 259 g/mol. The van der Waals surface area contributed by atoms with Crippen molar-refractivity contribution >= 4 is 5.97 Å². The minimum atomic E-state index is -0.233. The molecule has 0 N–H and O–H groups in total. The number of ether oxygens (including phenoxy) is 1. The Labute approximate surface area is 114 Å². The van der Waals surface area contributed by atoms with Crippen molar-refractivity contribution in [1.29, 1.82) is 0 Å². The van der Waals surface area contributed by atoms with Crippen LogP contribution in [0.3, 0.4) is 0 Å². The predicted molar refractivity (Wildman–Crippen MR) is 72.4 cm³/mol. The highest BCUT2D eigenvalue weighted by atomic mass is 16.5. The van der Waals surface area contributed by atoms with Crippen LogP contribution >= 0.6 is 0 Å². The van der Waals surface area contributed by atoms with Crippen LogP contribution in [0.5, 0.6) is 0 Å². The molecular weight excluding hydrogens is 238 g/mol. The molecular formula is C16H21NO2. The Kier molecular flexibility index (Phi) is 2.17. The third kappa shape index (κ3) is 1.25. The Morgan fingerprint density at radius 3 is 3.11 bits per heavy atom. The van der Waals surface area contributed by atoms with E-state index < -0.39 is 0 Å². The molecule has 3 heterocycles. The van der Waals surface area contributed by atoms with Crippen LogP contribution in [-0.4, -0.2) is 35.1 Å². The summed E-state index contributed by atoms with van der Waals surface area (Å²) in [6.07, 6.45) is 7.69. The van der Waals surface area contributed by atoms with E-state index >= 15 is 0 Å². The van der Waals surface area contributed by atoms with E-state index in [0.717, 1.165) is 6.42 Å². The van der Waals surface area contributed by atoms with E-state index in [-0.39, 0.29) is 11.5 Å². The number of carbonyl (C=O) groups excluding carboxylic acids is 1. The molecule has 0 bridgehead atoms. The van der Waals surface area contributed by atoms with E-state index in [2.05, 4.69) is 43.9 Å². The quantitative estimate of drug-likeness (QED) is 0.574. The standard InChI is InChI=1S/C16H21NO2/c1-9(2)8-19-15(18)16-7-12-13-10(3)5-4-6-11(13)14(16)17(12)16/h4-6,9,11-14H,7-8H2,1-3H3/t11?,12-,13?,14-,16?,17?/m1/s1. The minimum Gasteiger partial charge on any atom is -0.464 e. The second-order valence-electron chi connectivity index (χ2n) is 6.94.